The Hall–Kier alpha value is -1.26. The third-order valence-corrected chi connectivity index (χ3v) is 4.20. The molecule has 5 nitrogen and oxygen atoms in total. The van der Waals surface area contributed by atoms with E-state index in [0.717, 1.165) is 25.7 Å². The molecule has 2 atom stereocenters. The Morgan fingerprint density at radius 3 is 2.60 bits per heavy atom. The van der Waals surface area contributed by atoms with Gasteiger partial charge in [-0.1, -0.05) is 33.1 Å². The van der Waals surface area contributed by atoms with E-state index in [-0.39, 0.29) is 6.03 Å². The van der Waals surface area contributed by atoms with Gasteiger partial charge in [-0.25, -0.2) is 9.59 Å². The number of amides is 2. The molecule has 0 radical (unpaired) electrons. The van der Waals surface area contributed by atoms with Gasteiger partial charge in [-0.05, 0) is 32.1 Å². The Kier molecular flexibility index (Phi) is 6.30. The second-order valence-corrected chi connectivity index (χ2v) is 5.95. The molecule has 116 valence electrons. The molecule has 1 saturated carbocycles. The van der Waals surface area contributed by atoms with E-state index in [9.17, 15) is 14.7 Å². The van der Waals surface area contributed by atoms with Crippen molar-refractivity contribution in [2.75, 3.05) is 13.1 Å². The van der Waals surface area contributed by atoms with E-state index in [1.54, 1.807) is 4.90 Å². The Morgan fingerprint density at radius 1 is 1.40 bits per heavy atom. The lowest BCUT2D eigenvalue weighted by atomic mass is 9.76. The summed E-state index contributed by atoms with van der Waals surface area (Å²) in [6.07, 6.45) is 4.92. The summed E-state index contributed by atoms with van der Waals surface area (Å²) in [6, 6.07) is -0.238. The summed E-state index contributed by atoms with van der Waals surface area (Å²) in [6.45, 7) is 7.35. The van der Waals surface area contributed by atoms with Gasteiger partial charge in [-0.3, -0.25) is 0 Å². The second kappa shape index (κ2) is 7.50. The van der Waals surface area contributed by atoms with E-state index in [4.69, 9.17) is 0 Å². The molecule has 2 unspecified atom stereocenters. The van der Waals surface area contributed by atoms with Gasteiger partial charge in [0.15, 0.2) is 0 Å². The summed E-state index contributed by atoms with van der Waals surface area (Å²) >= 11 is 0. The van der Waals surface area contributed by atoms with Gasteiger partial charge in [0.2, 0.25) is 0 Å². The monoisotopic (exact) mass is 284 g/mol. The van der Waals surface area contributed by atoms with E-state index in [1.165, 1.54) is 0 Å². The van der Waals surface area contributed by atoms with Crippen LogP contribution in [0.1, 0.15) is 59.3 Å². The fourth-order valence-corrected chi connectivity index (χ4v) is 2.95. The number of unbranched alkanes of at least 4 members (excludes halogenated alkanes) is 1. The zero-order valence-electron chi connectivity index (χ0n) is 12.9. The lowest BCUT2D eigenvalue weighted by Crippen LogP contribution is -2.59. The first-order chi connectivity index (χ1) is 9.45. The molecule has 0 aromatic carbocycles. The Morgan fingerprint density at radius 2 is 2.10 bits per heavy atom. The van der Waals surface area contributed by atoms with Crippen molar-refractivity contribution in [2.24, 2.45) is 5.92 Å². The first-order valence-electron chi connectivity index (χ1n) is 7.75. The molecule has 2 N–H and O–H groups in total. The summed E-state index contributed by atoms with van der Waals surface area (Å²) in [5.74, 6) is -0.560. The minimum atomic E-state index is -1.08. The average molecular weight is 284 g/mol. The molecular weight excluding hydrogens is 256 g/mol. The Labute approximate surface area is 121 Å². The molecule has 1 fully saturated rings. The maximum atomic E-state index is 12.3. The van der Waals surface area contributed by atoms with Crippen molar-refractivity contribution >= 4 is 12.0 Å². The SMILES string of the molecule is CCCCN(CC)C(=O)NC1(C(=O)O)CCCC(C)C1. The van der Waals surface area contributed by atoms with E-state index in [0.29, 0.717) is 31.8 Å². The van der Waals surface area contributed by atoms with Crippen molar-refractivity contribution in [3.8, 4) is 0 Å². The highest BCUT2D eigenvalue weighted by Crippen LogP contribution is 2.32. The molecule has 0 aliphatic heterocycles. The van der Waals surface area contributed by atoms with Crippen LogP contribution in [0.25, 0.3) is 0 Å². The molecule has 2 amide bonds. The van der Waals surface area contributed by atoms with Crippen molar-refractivity contribution < 1.29 is 14.7 Å². The third-order valence-electron chi connectivity index (χ3n) is 4.20. The Balaban J connectivity index is 2.74. The Bertz CT molecular complexity index is 346. The number of carbonyl (C=O) groups excluding carboxylic acids is 1. The summed E-state index contributed by atoms with van der Waals surface area (Å²) in [4.78, 5) is 25.7. The largest absolute Gasteiger partial charge is 0.480 e. The zero-order chi connectivity index (χ0) is 15.2. The van der Waals surface area contributed by atoms with E-state index in [1.807, 2.05) is 6.92 Å². The van der Waals surface area contributed by atoms with Crippen molar-refractivity contribution in [3.05, 3.63) is 0 Å². The van der Waals surface area contributed by atoms with E-state index >= 15 is 0 Å². The predicted octanol–water partition coefficient (Wildman–Crippen LogP) is 2.85. The number of nitrogens with zero attached hydrogens (tertiary/aromatic N) is 1. The van der Waals surface area contributed by atoms with Crippen LogP contribution in [0, 0.1) is 5.92 Å². The van der Waals surface area contributed by atoms with Gasteiger partial charge >= 0.3 is 12.0 Å². The number of nitrogens with one attached hydrogen (secondary N) is 1. The molecule has 1 aliphatic rings. The number of hydrogen-bond donors (Lipinski definition) is 2. The van der Waals surface area contributed by atoms with E-state index < -0.39 is 11.5 Å². The molecule has 0 spiro atoms. The van der Waals surface area contributed by atoms with Gasteiger partial charge in [0, 0.05) is 13.1 Å². The van der Waals surface area contributed by atoms with Gasteiger partial charge in [0.05, 0.1) is 0 Å². The highest BCUT2D eigenvalue weighted by Gasteiger charge is 2.43. The fourth-order valence-electron chi connectivity index (χ4n) is 2.95. The minimum Gasteiger partial charge on any atom is -0.480 e. The highest BCUT2D eigenvalue weighted by atomic mass is 16.4. The summed E-state index contributed by atoms with van der Waals surface area (Å²) in [5.41, 5.74) is -1.08. The first kappa shape index (κ1) is 16.8. The number of aliphatic carboxylic acids is 1. The van der Waals surface area contributed by atoms with Crippen LogP contribution in [0.2, 0.25) is 0 Å². The number of carboxylic acids is 1. The van der Waals surface area contributed by atoms with Gasteiger partial charge in [0.1, 0.15) is 5.54 Å². The fraction of sp³-hybridized carbons (Fsp3) is 0.867. The number of carbonyl (C=O) groups is 2. The minimum absolute atomic E-state index is 0.238. The molecule has 0 aromatic heterocycles. The van der Waals surface area contributed by atoms with Crippen LogP contribution < -0.4 is 5.32 Å². The predicted molar refractivity (Wildman–Crippen MR) is 78.7 cm³/mol. The van der Waals surface area contributed by atoms with Crippen molar-refractivity contribution in [2.45, 2.75) is 64.8 Å². The summed E-state index contributed by atoms with van der Waals surface area (Å²) < 4.78 is 0. The van der Waals surface area contributed by atoms with E-state index in [2.05, 4.69) is 19.2 Å². The molecule has 0 heterocycles. The van der Waals surface area contributed by atoms with Crippen LogP contribution in [0.5, 0.6) is 0 Å². The van der Waals surface area contributed by atoms with Crippen molar-refractivity contribution in [1.82, 2.24) is 10.2 Å². The summed E-state index contributed by atoms with van der Waals surface area (Å²) in [5, 5.41) is 12.4. The maximum Gasteiger partial charge on any atom is 0.329 e. The molecule has 20 heavy (non-hydrogen) atoms. The molecular formula is C15H28N2O3. The number of hydrogen-bond acceptors (Lipinski definition) is 2. The lowest BCUT2D eigenvalue weighted by Gasteiger charge is -2.38. The molecule has 5 heteroatoms. The first-order valence-corrected chi connectivity index (χ1v) is 7.75. The number of urea groups is 1. The average Bonchev–Trinajstić information content (AvgIpc) is 2.39. The maximum absolute atomic E-state index is 12.3. The van der Waals surface area contributed by atoms with Crippen LogP contribution in [0.15, 0.2) is 0 Å². The second-order valence-electron chi connectivity index (χ2n) is 5.95. The third kappa shape index (κ3) is 4.12. The van der Waals surface area contributed by atoms with Crippen LogP contribution >= 0.6 is 0 Å². The van der Waals surface area contributed by atoms with Crippen molar-refractivity contribution in [1.29, 1.82) is 0 Å². The molecule has 0 saturated heterocycles. The van der Waals surface area contributed by atoms with Crippen LogP contribution in [-0.2, 0) is 4.79 Å². The van der Waals surface area contributed by atoms with Gasteiger partial charge in [0.25, 0.3) is 0 Å². The smallest absolute Gasteiger partial charge is 0.329 e. The van der Waals surface area contributed by atoms with Gasteiger partial charge in [-0.15, -0.1) is 0 Å². The quantitative estimate of drug-likeness (QED) is 0.788. The van der Waals surface area contributed by atoms with Gasteiger partial charge < -0.3 is 15.3 Å². The molecule has 0 bridgehead atoms. The topological polar surface area (TPSA) is 69.6 Å². The normalized spacial score (nSPS) is 26.1. The number of carboxylic acid groups (broad SMARTS) is 1. The van der Waals surface area contributed by atoms with Crippen LogP contribution in [-0.4, -0.2) is 40.6 Å². The number of rotatable bonds is 6. The van der Waals surface area contributed by atoms with Crippen molar-refractivity contribution in [3.63, 3.8) is 0 Å². The molecule has 0 aromatic rings. The standard InChI is InChI=1S/C15H28N2O3/c1-4-6-10-17(5-2)14(20)16-15(13(18)19)9-7-8-12(3)11-15/h12H,4-11H2,1-3H3,(H,16,20)(H,18,19). The highest BCUT2D eigenvalue weighted by molar-refractivity contribution is 5.86. The van der Waals surface area contributed by atoms with Gasteiger partial charge in [-0.2, -0.15) is 0 Å². The summed E-state index contributed by atoms with van der Waals surface area (Å²) in [7, 11) is 0. The zero-order valence-corrected chi connectivity index (χ0v) is 12.9. The molecule has 1 rings (SSSR count). The molecule has 1 aliphatic carbocycles. The lowest BCUT2D eigenvalue weighted by molar-refractivity contribution is -0.146. The van der Waals surface area contributed by atoms with Crippen LogP contribution in [0.4, 0.5) is 4.79 Å². The van der Waals surface area contributed by atoms with Crippen LogP contribution in [0.3, 0.4) is 0 Å².